The van der Waals surface area contributed by atoms with Crippen LogP contribution in [-0.2, 0) is 10.0 Å². The number of nitrogens with zero attached hydrogens (tertiary/aromatic N) is 2. The van der Waals surface area contributed by atoms with Gasteiger partial charge in [-0.15, -0.1) is 5.11 Å². The number of hydrogen-bond donors (Lipinski definition) is 2. The Kier molecular flexibility index (Phi) is 3.59. The highest BCUT2D eigenvalue weighted by atomic mass is 32.2. The van der Waals surface area contributed by atoms with Crippen LogP contribution >= 0.6 is 0 Å². The lowest BCUT2D eigenvalue weighted by molar-refractivity contribution is 0.598. The third kappa shape index (κ3) is 3.15. The Hall–Kier alpha value is -2.25. The van der Waals surface area contributed by atoms with E-state index in [0.717, 1.165) is 0 Å². The van der Waals surface area contributed by atoms with Gasteiger partial charge in [-0.2, -0.15) is 5.11 Å². The van der Waals surface area contributed by atoms with Crippen molar-refractivity contribution in [2.45, 2.75) is 4.90 Å². The maximum Gasteiger partial charge on any atom is 0.240 e. The van der Waals surface area contributed by atoms with Crippen LogP contribution in [0.2, 0.25) is 0 Å². The van der Waals surface area contributed by atoms with Crippen molar-refractivity contribution >= 4 is 27.1 Å². The van der Waals surface area contributed by atoms with Crippen LogP contribution < -0.4 is 10.9 Å². The molecular formula is C12H12N4O2S. The largest absolute Gasteiger partial charge is 0.397 e. The molecule has 0 spiro atoms. The average Bonchev–Trinajstić information content (AvgIpc) is 2.37. The highest BCUT2D eigenvalue weighted by Crippen LogP contribution is 2.31. The zero-order valence-electron chi connectivity index (χ0n) is 9.89. The first-order valence-corrected chi connectivity index (χ1v) is 6.91. The Morgan fingerprint density at radius 1 is 0.895 bits per heavy atom. The second-order valence-electron chi connectivity index (χ2n) is 3.77. The molecule has 0 aliphatic rings. The summed E-state index contributed by atoms with van der Waals surface area (Å²) in [6.07, 6.45) is 0. The Bertz CT molecular complexity index is 712. The molecule has 0 saturated carbocycles. The van der Waals surface area contributed by atoms with Crippen molar-refractivity contribution in [3.63, 3.8) is 0 Å². The van der Waals surface area contributed by atoms with E-state index in [1.54, 1.807) is 24.3 Å². The summed E-state index contributed by atoms with van der Waals surface area (Å²) >= 11 is 0. The molecule has 19 heavy (non-hydrogen) atoms. The summed E-state index contributed by atoms with van der Waals surface area (Å²) in [4.78, 5) is -0.146. The van der Waals surface area contributed by atoms with Crippen molar-refractivity contribution in [1.29, 1.82) is 0 Å². The van der Waals surface area contributed by atoms with Crippen LogP contribution in [0.1, 0.15) is 0 Å². The molecule has 0 aromatic heterocycles. The van der Waals surface area contributed by atoms with Gasteiger partial charge in [0, 0.05) is 0 Å². The van der Waals surface area contributed by atoms with Crippen LogP contribution in [0.3, 0.4) is 0 Å². The molecule has 0 heterocycles. The molecule has 0 aliphatic carbocycles. The number of rotatable bonds is 3. The second-order valence-corrected chi connectivity index (χ2v) is 5.30. The SMILES string of the molecule is Nc1cccc(S(N)(=O)=O)c1N=Nc1ccccc1. The molecular weight excluding hydrogens is 264 g/mol. The highest BCUT2D eigenvalue weighted by molar-refractivity contribution is 7.89. The third-order valence-electron chi connectivity index (χ3n) is 2.36. The van der Waals surface area contributed by atoms with Crippen LogP contribution in [0.15, 0.2) is 63.7 Å². The van der Waals surface area contributed by atoms with Gasteiger partial charge in [-0.05, 0) is 24.3 Å². The Labute approximate surface area is 110 Å². The van der Waals surface area contributed by atoms with Gasteiger partial charge in [0.2, 0.25) is 10.0 Å². The molecule has 2 rings (SSSR count). The molecule has 0 aliphatic heterocycles. The first kappa shape index (κ1) is 13.2. The first-order valence-electron chi connectivity index (χ1n) is 5.36. The lowest BCUT2D eigenvalue weighted by atomic mass is 10.3. The molecule has 98 valence electrons. The van der Waals surface area contributed by atoms with E-state index in [1.807, 2.05) is 6.07 Å². The quantitative estimate of drug-likeness (QED) is 0.662. The number of sulfonamides is 1. The van der Waals surface area contributed by atoms with Gasteiger partial charge in [0.05, 0.1) is 11.4 Å². The van der Waals surface area contributed by atoms with E-state index in [-0.39, 0.29) is 16.3 Å². The summed E-state index contributed by atoms with van der Waals surface area (Å²) in [5, 5.41) is 12.9. The molecule has 4 N–H and O–H groups in total. The fraction of sp³-hybridized carbons (Fsp3) is 0. The summed E-state index contributed by atoms with van der Waals surface area (Å²) in [6.45, 7) is 0. The number of anilines is 1. The second kappa shape index (κ2) is 5.17. The minimum atomic E-state index is -3.89. The van der Waals surface area contributed by atoms with E-state index >= 15 is 0 Å². The van der Waals surface area contributed by atoms with Gasteiger partial charge in [-0.25, -0.2) is 13.6 Å². The number of primary sulfonamides is 1. The summed E-state index contributed by atoms with van der Waals surface area (Å²) in [6, 6.07) is 13.3. The Morgan fingerprint density at radius 3 is 2.21 bits per heavy atom. The molecule has 0 bridgehead atoms. The van der Waals surface area contributed by atoms with Crippen molar-refractivity contribution in [2.24, 2.45) is 15.4 Å². The molecule has 2 aromatic rings. The monoisotopic (exact) mass is 276 g/mol. The van der Waals surface area contributed by atoms with Gasteiger partial charge in [-0.3, -0.25) is 0 Å². The average molecular weight is 276 g/mol. The van der Waals surface area contributed by atoms with E-state index < -0.39 is 10.0 Å². The fourth-order valence-electron chi connectivity index (χ4n) is 1.48. The number of nitrogen functional groups attached to an aromatic ring is 1. The smallest absolute Gasteiger partial charge is 0.240 e. The van der Waals surface area contributed by atoms with E-state index in [9.17, 15) is 8.42 Å². The number of benzene rings is 2. The molecule has 6 nitrogen and oxygen atoms in total. The zero-order valence-corrected chi connectivity index (χ0v) is 10.7. The summed E-state index contributed by atoms with van der Waals surface area (Å²) in [5.41, 5.74) is 6.55. The van der Waals surface area contributed by atoms with Gasteiger partial charge < -0.3 is 5.73 Å². The van der Waals surface area contributed by atoms with Crippen LogP contribution in [-0.4, -0.2) is 8.42 Å². The minimum Gasteiger partial charge on any atom is -0.397 e. The van der Waals surface area contributed by atoms with E-state index in [1.165, 1.54) is 18.2 Å². The van der Waals surface area contributed by atoms with E-state index in [2.05, 4.69) is 10.2 Å². The van der Waals surface area contributed by atoms with Crippen LogP contribution in [0.4, 0.5) is 17.1 Å². The molecule has 0 fully saturated rings. The lowest BCUT2D eigenvalue weighted by Gasteiger charge is -2.04. The molecule has 0 saturated heterocycles. The molecule has 7 heteroatoms. The molecule has 0 atom stereocenters. The van der Waals surface area contributed by atoms with E-state index in [0.29, 0.717) is 5.69 Å². The summed E-state index contributed by atoms with van der Waals surface area (Å²) < 4.78 is 22.9. The van der Waals surface area contributed by atoms with Gasteiger partial charge >= 0.3 is 0 Å². The van der Waals surface area contributed by atoms with Crippen molar-refractivity contribution < 1.29 is 8.42 Å². The number of nitrogens with two attached hydrogens (primary N) is 2. The van der Waals surface area contributed by atoms with Gasteiger partial charge in [0.25, 0.3) is 0 Å². The lowest BCUT2D eigenvalue weighted by Crippen LogP contribution is -2.12. The molecule has 2 aromatic carbocycles. The van der Waals surface area contributed by atoms with Crippen molar-refractivity contribution in [2.75, 3.05) is 5.73 Å². The topological polar surface area (TPSA) is 111 Å². The standard InChI is InChI=1S/C12H12N4O2S/c13-10-7-4-8-11(19(14,17)18)12(10)16-15-9-5-2-1-3-6-9/h1-8H,13H2,(H2,14,17,18). The van der Waals surface area contributed by atoms with Crippen molar-refractivity contribution in [1.82, 2.24) is 0 Å². The molecule has 0 amide bonds. The zero-order chi connectivity index (χ0) is 13.9. The van der Waals surface area contributed by atoms with Crippen LogP contribution in [0.25, 0.3) is 0 Å². The van der Waals surface area contributed by atoms with Crippen molar-refractivity contribution in [3.05, 3.63) is 48.5 Å². The maximum atomic E-state index is 11.4. The third-order valence-corrected chi connectivity index (χ3v) is 3.30. The first-order chi connectivity index (χ1) is 8.98. The highest BCUT2D eigenvalue weighted by Gasteiger charge is 2.15. The van der Waals surface area contributed by atoms with Gasteiger partial charge in [0.1, 0.15) is 10.6 Å². The van der Waals surface area contributed by atoms with Gasteiger partial charge in [0.15, 0.2) is 0 Å². The Balaban J connectivity index is 2.49. The summed E-state index contributed by atoms with van der Waals surface area (Å²) in [7, 11) is -3.89. The van der Waals surface area contributed by atoms with Crippen LogP contribution in [0.5, 0.6) is 0 Å². The minimum absolute atomic E-state index is 0.0499. The fourth-order valence-corrected chi connectivity index (χ4v) is 2.17. The van der Waals surface area contributed by atoms with E-state index in [4.69, 9.17) is 10.9 Å². The van der Waals surface area contributed by atoms with Crippen molar-refractivity contribution in [3.8, 4) is 0 Å². The number of azo groups is 1. The molecule has 0 unspecified atom stereocenters. The predicted molar refractivity (Wildman–Crippen MR) is 72.8 cm³/mol. The normalized spacial score (nSPS) is 11.8. The molecule has 0 radical (unpaired) electrons. The summed E-state index contributed by atoms with van der Waals surface area (Å²) in [5.74, 6) is 0. The van der Waals surface area contributed by atoms with Gasteiger partial charge in [-0.1, -0.05) is 24.3 Å². The number of hydrogen-bond acceptors (Lipinski definition) is 5. The van der Waals surface area contributed by atoms with Crippen LogP contribution in [0, 0.1) is 0 Å². The predicted octanol–water partition coefficient (Wildman–Crippen LogP) is 2.33. The maximum absolute atomic E-state index is 11.4. The Morgan fingerprint density at radius 2 is 1.58 bits per heavy atom.